The van der Waals surface area contributed by atoms with Crippen LogP contribution >= 0.6 is 11.8 Å². The van der Waals surface area contributed by atoms with Crippen LogP contribution in [0.1, 0.15) is 0 Å². The first-order valence-corrected chi connectivity index (χ1v) is 2.45. The minimum atomic E-state index is 0. The van der Waals surface area contributed by atoms with E-state index in [4.69, 9.17) is 0 Å². The van der Waals surface area contributed by atoms with E-state index in [-0.39, 0.29) is 57.0 Å². The molecule has 6 heavy (non-hydrogen) atoms. The zero-order chi connectivity index (χ0) is 2.71. The van der Waals surface area contributed by atoms with Gasteiger partial charge in [0, 0.05) is 0 Å². The Bertz CT molecular complexity index is 11.5. The van der Waals surface area contributed by atoms with Crippen molar-refractivity contribution in [3.05, 3.63) is 0 Å². The van der Waals surface area contributed by atoms with E-state index >= 15 is 0 Å². The molecule has 0 nitrogen and oxygen atoms in total. The van der Waals surface area contributed by atoms with Gasteiger partial charge in [-0.05, 0) is 12.5 Å². The molecular weight excluding hydrogens is 240 g/mol. The molecule has 36 valence electrons. The van der Waals surface area contributed by atoms with Gasteiger partial charge in [-0.1, -0.05) is 0 Å². The largest absolute Gasteiger partial charge is 2.00 e. The van der Waals surface area contributed by atoms with Gasteiger partial charge in [-0.25, -0.2) is 0 Å². The number of rotatable bonds is 0. The molecule has 0 rings (SSSR count). The number of hydrogen-bond acceptors (Lipinski definition) is 1. The van der Waals surface area contributed by atoms with E-state index in [1.54, 1.807) is 11.8 Å². The second kappa shape index (κ2) is 27.6. The van der Waals surface area contributed by atoms with Crippen LogP contribution in [0.4, 0.5) is 0 Å². The minimum absolute atomic E-state index is 0. The smallest absolute Gasteiger partial charge is 1.00 e. The van der Waals surface area contributed by atoms with Gasteiger partial charge in [-0.3, -0.25) is 0 Å². The predicted octanol–water partition coefficient (Wildman–Crippen LogP) is -5.39. The van der Waals surface area contributed by atoms with Crippen LogP contribution < -0.4 is 34.0 Å². The summed E-state index contributed by atoms with van der Waals surface area (Å²) in [6, 6.07) is 0. The fraction of sp³-hybridized carbons (Fsp3) is 1.00. The monoisotopic (exact) mass is 244 g/mol. The van der Waals surface area contributed by atoms with Gasteiger partial charge in [0.05, 0.1) is 0 Å². The van der Waals surface area contributed by atoms with Gasteiger partial charge in [0.1, 0.15) is 0 Å². The Kier molecular flexibility index (Phi) is 112. The molecule has 0 saturated heterocycles. The topological polar surface area (TPSA) is 0 Å². The van der Waals surface area contributed by atoms with Crippen LogP contribution in [-0.2, 0) is 0 Å². The molecule has 4 heteroatoms. The van der Waals surface area contributed by atoms with Crippen molar-refractivity contribution in [2.24, 2.45) is 0 Å². The normalized spacial score (nSPS) is 3.00. The molecule has 0 bridgehead atoms. The van der Waals surface area contributed by atoms with Gasteiger partial charge in [-0.15, -0.1) is 0 Å². The Morgan fingerprint density at radius 1 is 1.00 bits per heavy atom. The molecule has 0 aliphatic carbocycles. The summed E-state index contributed by atoms with van der Waals surface area (Å²) >= 11 is 1.75. The van der Waals surface area contributed by atoms with Crippen LogP contribution in [0.2, 0.25) is 0 Å². The SMILES string of the molecule is CSC.[Br-].[Br-].[Mg+2]. The molecule has 0 aromatic heterocycles. The molecule has 0 spiro atoms. The Balaban J connectivity index is -0.00000000667. The second-order valence-electron chi connectivity index (χ2n) is 0.408. The van der Waals surface area contributed by atoms with Crippen LogP contribution in [0.15, 0.2) is 0 Å². The van der Waals surface area contributed by atoms with Crippen molar-refractivity contribution in [2.45, 2.75) is 0 Å². The van der Waals surface area contributed by atoms with Crippen molar-refractivity contribution < 1.29 is 34.0 Å². The fourth-order valence-corrected chi connectivity index (χ4v) is 0. The minimum Gasteiger partial charge on any atom is -1.00 e. The number of halogens is 2. The van der Waals surface area contributed by atoms with Gasteiger partial charge in [0.25, 0.3) is 0 Å². The first-order valence-electron chi connectivity index (χ1n) is 0.816. The summed E-state index contributed by atoms with van der Waals surface area (Å²) in [4.78, 5) is 0. The average Bonchev–Trinajstić information content (AvgIpc) is 0.918. The number of hydrogen-bond donors (Lipinski definition) is 0. The van der Waals surface area contributed by atoms with E-state index in [1.807, 2.05) is 12.5 Å². The molecule has 0 aliphatic heterocycles. The second-order valence-corrected chi connectivity index (χ2v) is 1.22. The first kappa shape index (κ1) is 24.3. The van der Waals surface area contributed by atoms with Gasteiger partial charge in [-0.2, -0.15) is 11.8 Å². The molecular formula is C2H6Br2MgS. The van der Waals surface area contributed by atoms with Crippen molar-refractivity contribution in [3.63, 3.8) is 0 Å². The van der Waals surface area contributed by atoms with E-state index in [0.29, 0.717) is 0 Å². The van der Waals surface area contributed by atoms with Crippen LogP contribution in [0.25, 0.3) is 0 Å². The third-order valence-corrected chi connectivity index (χ3v) is 0. The summed E-state index contributed by atoms with van der Waals surface area (Å²) in [6.45, 7) is 0. The molecule has 0 heterocycles. The van der Waals surface area contributed by atoms with E-state index in [1.165, 1.54) is 0 Å². The van der Waals surface area contributed by atoms with Gasteiger partial charge < -0.3 is 34.0 Å². The maximum Gasteiger partial charge on any atom is 2.00 e. The van der Waals surface area contributed by atoms with Gasteiger partial charge in [0.15, 0.2) is 0 Å². The quantitative estimate of drug-likeness (QED) is 0.385. The number of thioether (sulfide) groups is 1. The molecule has 0 aliphatic rings. The van der Waals surface area contributed by atoms with Crippen molar-refractivity contribution in [2.75, 3.05) is 12.5 Å². The van der Waals surface area contributed by atoms with E-state index in [0.717, 1.165) is 0 Å². The van der Waals surface area contributed by atoms with E-state index < -0.39 is 0 Å². The van der Waals surface area contributed by atoms with Gasteiger partial charge >= 0.3 is 23.1 Å². The Morgan fingerprint density at radius 2 is 1.00 bits per heavy atom. The fourth-order valence-electron chi connectivity index (χ4n) is 0. The molecule has 0 radical (unpaired) electrons. The Labute approximate surface area is 80.5 Å². The van der Waals surface area contributed by atoms with E-state index in [9.17, 15) is 0 Å². The van der Waals surface area contributed by atoms with Gasteiger partial charge in [0.2, 0.25) is 0 Å². The molecule has 0 unspecified atom stereocenters. The molecule has 0 atom stereocenters. The van der Waals surface area contributed by atoms with Crippen LogP contribution in [0.3, 0.4) is 0 Å². The predicted molar refractivity (Wildman–Crippen MR) is 25.2 cm³/mol. The standard InChI is InChI=1S/C2H6S.2BrH.Mg/c1-3-2;;;/h1-2H3;2*1H;/q;;;+2/p-2. The van der Waals surface area contributed by atoms with Crippen LogP contribution in [-0.4, -0.2) is 35.6 Å². The Hall–Kier alpha value is 2.08. The summed E-state index contributed by atoms with van der Waals surface area (Å²) in [5, 5.41) is 0. The summed E-state index contributed by atoms with van der Waals surface area (Å²) in [5.41, 5.74) is 0. The van der Waals surface area contributed by atoms with E-state index in [2.05, 4.69) is 0 Å². The zero-order valence-corrected chi connectivity index (χ0v) is 9.27. The summed E-state index contributed by atoms with van der Waals surface area (Å²) < 4.78 is 0. The molecule has 0 saturated carbocycles. The molecule has 0 aromatic rings. The van der Waals surface area contributed by atoms with Crippen LogP contribution in [0.5, 0.6) is 0 Å². The third-order valence-electron chi connectivity index (χ3n) is 0. The van der Waals surface area contributed by atoms with Crippen molar-refractivity contribution >= 4 is 34.8 Å². The molecule has 0 amide bonds. The summed E-state index contributed by atoms with van der Waals surface area (Å²) in [7, 11) is 0. The molecule has 0 N–H and O–H groups in total. The maximum absolute atomic E-state index is 2.04. The summed E-state index contributed by atoms with van der Waals surface area (Å²) in [5.74, 6) is 0. The van der Waals surface area contributed by atoms with Crippen molar-refractivity contribution in [1.82, 2.24) is 0 Å². The summed E-state index contributed by atoms with van der Waals surface area (Å²) in [6.07, 6.45) is 4.08. The molecule has 0 aromatic carbocycles. The molecule has 0 fully saturated rings. The maximum atomic E-state index is 2.04. The first-order chi connectivity index (χ1) is 1.41. The van der Waals surface area contributed by atoms with Crippen molar-refractivity contribution in [3.8, 4) is 0 Å². The Morgan fingerprint density at radius 3 is 1.00 bits per heavy atom. The van der Waals surface area contributed by atoms with Crippen molar-refractivity contribution in [1.29, 1.82) is 0 Å². The third kappa shape index (κ3) is 36.3. The average molecular weight is 246 g/mol. The zero-order valence-electron chi connectivity index (χ0n) is 3.87. The van der Waals surface area contributed by atoms with Crippen LogP contribution in [0, 0.1) is 0 Å².